The summed E-state index contributed by atoms with van der Waals surface area (Å²) in [6, 6.07) is 8.50. The monoisotopic (exact) mass is 436 g/mol. The molecule has 164 valence electrons. The van der Waals surface area contributed by atoms with E-state index in [0.29, 0.717) is 28.8 Å². The first-order valence-corrected chi connectivity index (χ1v) is 11.0. The molecule has 1 fully saturated rings. The Bertz CT molecular complexity index is 1070. The van der Waals surface area contributed by atoms with Crippen molar-refractivity contribution in [3.05, 3.63) is 58.3 Å². The summed E-state index contributed by atoms with van der Waals surface area (Å²) in [7, 11) is 18.2. The standard InChI is InChI=1S/C24H27B3N4O2/c1-15-9-16(11-28)6-7-19(15)22(32)30-21-10-20(24(25,26)27)17(12-29-21)13-31-8-4-5-18(14-31)23(2,3)33/h6-7,9-10,12,18,33H,4-5,8,13-14H2,1-3H3,(H,29,30,32). The maximum absolute atomic E-state index is 12.8. The molecule has 0 bridgehead atoms. The van der Waals surface area contributed by atoms with Crippen LogP contribution in [0.1, 0.15) is 59.3 Å². The van der Waals surface area contributed by atoms with Crippen LogP contribution in [-0.4, -0.2) is 63.1 Å². The second kappa shape index (κ2) is 9.74. The molecule has 0 saturated carbocycles. The molecule has 1 aliphatic rings. The molecule has 2 N–H and O–H groups in total. The number of benzene rings is 1. The smallest absolute Gasteiger partial charge is 0.257 e. The van der Waals surface area contributed by atoms with Gasteiger partial charge in [-0.3, -0.25) is 9.69 Å². The number of hydrogen-bond acceptors (Lipinski definition) is 5. The van der Waals surface area contributed by atoms with Crippen LogP contribution in [-0.2, 0) is 11.7 Å². The van der Waals surface area contributed by atoms with Crippen LogP contribution in [0.5, 0.6) is 0 Å². The predicted octanol–water partition coefficient (Wildman–Crippen LogP) is 2.11. The Balaban J connectivity index is 1.81. The molecule has 1 aliphatic heterocycles. The van der Waals surface area contributed by atoms with Crippen LogP contribution in [0.3, 0.4) is 0 Å². The molecule has 1 aromatic heterocycles. The Morgan fingerprint density at radius 2 is 2.06 bits per heavy atom. The van der Waals surface area contributed by atoms with Gasteiger partial charge in [0.2, 0.25) is 0 Å². The molecule has 1 unspecified atom stereocenters. The number of piperidine rings is 1. The van der Waals surface area contributed by atoms with Gasteiger partial charge in [0.05, 0.1) is 40.8 Å². The molecule has 1 amide bonds. The summed E-state index contributed by atoms with van der Waals surface area (Å²) in [5.41, 5.74) is 2.10. The van der Waals surface area contributed by atoms with Crippen LogP contribution < -0.4 is 5.32 Å². The fourth-order valence-electron chi connectivity index (χ4n) is 4.27. The van der Waals surface area contributed by atoms with Gasteiger partial charge in [0.25, 0.3) is 5.91 Å². The molecule has 1 aromatic carbocycles. The number of aromatic nitrogens is 1. The molecule has 0 spiro atoms. The van der Waals surface area contributed by atoms with Crippen molar-refractivity contribution in [2.75, 3.05) is 18.4 Å². The number of anilines is 1. The average molecular weight is 436 g/mol. The zero-order chi connectivity index (χ0) is 24.4. The van der Waals surface area contributed by atoms with Crippen molar-refractivity contribution >= 4 is 35.3 Å². The number of nitrogens with zero attached hydrogens (tertiary/aromatic N) is 3. The van der Waals surface area contributed by atoms with Crippen LogP contribution in [0.4, 0.5) is 5.82 Å². The van der Waals surface area contributed by atoms with Crippen LogP contribution >= 0.6 is 0 Å². The van der Waals surface area contributed by atoms with E-state index in [1.54, 1.807) is 37.4 Å². The van der Waals surface area contributed by atoms with E-state index in [0.717, 1.165) is 31.5 Å². The number of rotatable bonds is 6. The van der Waals surface area contributed by atoms with Crippen LogP contribution in [0, 0.1) is 24.2 Å². The summed E-state index contributed by atoms with van der Waals surface area (Å²) in [4.78, 5) is 19.4. The fourth-order valence-corrected chi connectivity index (χ4v) is 4.27. The van der Waals surface area contributed by atoms with Gasteiger partial charge in [-0.15, -0.1) is 5.11 Å². The lowest BCUT2D eigenvalue weighted by Gasteiger charge is -2.39. The Morgan fingerprint density at radius 3 is 2.67 bits per heavy atom. The number of likely N-dealkylation sites (tertiary alicyclic amines) is 1. The number of carbonyl (C=O) groups is 1. The molecule has 2 aromatic rings. The second-order valence-electron chi connectivity index (χ2n) is 9.48. The lowest BCUT2D eigenvalue weighted by atomic mass is 9.39. The van der Waals surface area contributed by atoms with E-state index < -0.39 is 10.7 Å². The zero-order valence-electron chi connectivity index (χ0n) is 19.4. The van der Waals surface area contributed by atoms with E-state index in [1.807, 2.05) is 13.8 Å². The molecule has 3 rings (SSSR count). The van der Waals surface area contributed by atoms with Gasteiger partial charge >= 0.3 is 0 Å². The maximum Gasteiger partial charge on any atom is 0.257 e. The third-order valence-corrected chi connectivity index (χ3v) is 6.19. The van der Waals surface area contributed by atoms with Crippen molar-refractivity contribution in [1.82, 2.24) is 9.88 Å². The quantitative estimate of drug-likeness (QED) is 0.678. The summed E-state index contributed by atoms with van der Waals surface area (Å²) in [5, 5.41) is 20.6. The summed E-state index contributed by atoms with van der Waals surface area (Å²) < 4.78 is 0. The van der Waals surface area contributed by atoms with E-state index in [4.69, 9.17) is 28.8 Å². The van der Waals surface area contributed by atoms with Gasteiger partial charge in [-0.1, -0.05) is 5.56 Å². The number of amides is 1. The van der Waals surface area contributed by atoms with Crippen molar-refractivity contribution in [3.63, 3.8) is 0 Å². The summed E-state index contributed by atoms with van der Waals surface area (Å²) in [6.07, 6.45) is 3.58. The largest absolute Gasteiger partial charge is 0.390 e. The minimum absolute atomic E-state index is 0.162. The van der Waals surface area contributed by atoms with E-state index in [-0.39, 0.29) is 17.6 Å². The minimum atomic E-state index is -1.62. The van der Waals surface area contributed by atoms with Crippen molar-refractivity contribution in [2.24, 2.45) is 5.92 Å². The van der Waals surface area contributed by atoms with Gasteiger partial charge in [0, 0.05) is 24.8 Å². The zero-order valence-corrected chi connectivity index (χ0v) is 19.4. The van der Waals surface area contributed by atoms with Crippen molar-refractivity contribution < 1.29 is 9.90 Å². The normalized spacial score (nSPS) is 17.4. The number of aryl methyl sites for hydroxylation is 1. The number of aliphatic hydroxyl groups is 1. The van der Waals surface area contributed by atoms with Gasteiger partial charge in [-0.25, -0.2) is 4.98 Å². The molecule has 1 saturated heterocycles. The Morgan fingerprint density at radius 1 is 1.33 bits per heavy atom. The first-order chi connectivity index (χ1) is 15.4. The van der Waals surface area contributed by atoms with E-state index in [2.05, 4.69) is 21.3 Å². The molecule has 6 radical (unpaired) electrons. The summed E-state index contributed by atoms with van der Waals surface area (Å²) in [6.45, 7) is 7.60. The van der Waals surface area contributed by atoms with Gasteiger partial charge in [-0.2, -0.15) is 5.26 Å². The lowest BCUT2D eigenvalue weighted by molar-refractivity contribution is -0.0198. The highest BCUT2D eigenvalue weighted by molar-refractivity contribution is 6.59. The van der Waals surface area contributed by atoms with Gasteiger partial charge < -0.3 is 10.4 Å². The third-order valence-electron chi connectivity index (χ3n) is 6.19. The summed E-state index contributed by atoms with van der Waals surface area (Å²) >= 11 is 0. The molecular weight excluding hydrogens is 409 g/mol. The number of hydrogen-bond donors (Lipinski definition) is 2. The lowest BCUT2D eigenvalue weighted by Crippen LogP contribution is -2.44. The number of carbonyl (C=O) groups excluding carboxylic acids is 1. The molecule has 9 heteroatoms. The second-order valence-corrected chi connectivity index (χ2v) is 9.48. The van der Waals surface area contributed by atoms with Gasteiger partial charge in [0.1, 0.15) is 5.82 Å². The molecular formula is C24H27B3N4O2. The van der Waals surface area contributed by atoms with Crippen LogP contribution in [0.15, 0.2) is 30.5 Å². The summed E-state index contributed by atoms with van der Waals surface area (Å²) in [5.74, 6) is 0.0837. The Labute approximate surface area is 200 Å². The number of pyridine rings is 1. The first kappa shape index (κ1) is 25.1. The Kier molecular flexibility index (Phi) is 7.40. The minimum Gasteiger partial charge on any atom is -0.390 e. The van der Waals surface area contributed by atoms with Crippen LogP contribution in [0.2, 0.25) is 0 Å². The number of nitrogens with one attached hydrogen (secondary N) is 1. The number of nitriles is 1. The fraction of sp³-hybridized carbons (Fsp3) is 0.458. The third kappa shape index (κ3) is 6.28. The SMILES string of the molecule is [B]C([B])([B])c1cc(NC(=O)c2ccc(C#N)cc2C)ncc1CN1CCCC(C(C)(C)O)C1. The molecule has 1 atom stereocenters. The van der Waals surface area contributed by atoms with Crippen molar-refractivity contribution in [1.29, 1.82) is 5.26 Å². The first-order valence-electron chi connectivity index (χ1n) is 11.0. The topological polar surface area (TPSA) is 89.2 Å². The Hall–Kier alpha value is -2.56. The molecule has 2 heterocycles. The highest BCUT2D eigenvalue weighted by atomic mass is 16.3. The highest BCUT2D eigenvalue weighted by Gasteiger charge is 2.32. The average Bonchev–Trinajstić information content (AvgIpc) is 2.73. The van der Waals surface area contributed by atoms with E-state index >= 15 is 0 Å². The van der Waals surface area contributed by atoms with E-state index in [1.165, 1.54) is 0 Å². The van der Waals surface area contributed by atoms with Crippen molar-refractivity contribution in [3.8, 4) is 6.07 Å². The van der Waals surface area contributed by atoms with Crippen molar-refractivity contribution in [2.45, 2.75) is 50.9 Å². The molecule has 33 heavy (non-hydrogen) atoms. The van der Waals surface area contributed by atoms with Crippen LogP contribution in [0.25, 0.3) is 0 Å². The predicted molar refractivity (Wildman–Crippen MR) is 131 cm³/mol. The molecule has 0 aliphatic carbocycles. The molecule has 6 nitrogen and oxygen atoms in total. The maximum atomic E-state index is 12.8. The van der Waals surface area contributed by atoms with Gasteiger partial charge in [0.15, 0.2) is 0 Å². The van der Waals surface area contributed by atoms with Gasteiger partial charge in [-0.05, 0) is 81.5 Å². The highest BCUT2D eigenvalue weighted by Crippen LogP contribution is 2.29. The van der Waals surface area contributed by atoms with E-state index in [9.17, 15) is 9.90 Å².